The summed E-state index contributed by atoms with van der Waals surface area (Å²) < 4.78 is 73.9. The molecule has 19 heteroatoms. The lowest BCUT2D eigenvalue weighted by atomic mass is 10.3. The molecule has 1 aromatic rings. The molecule has 0 unspecified atom stereocenters. The largest absolute Gasteiger partial charge is 0.478 e. The van der Waals surface area contributed by atoms with Gasteiger partial charge in [0.15, 0.2) is 0 Å². The highest BCUT2D eigenvalue weighted by molar-refractivity contribution is 7.85. The molecule has 0 aliphatic heterocycles. The molecule has 0 aliphatic rings. The number of aromatic nitrogens is 1. The molecule has 0 fully saturated rings. The summed E-state index contributed by atoms with van der Waals surface area (Å²) >= 11 is 0. The maximum Gasteiger partial charge on any atom is 0.478 e. The molecular formula is C10H24N2O13P2S2. The van der Waals surface area contributed by atoms with Gasteiger partial charge in [-0.1, -0.05) is 6.07 Å². The van der Waals surface area contributed by atoms with Crippen molar-refractivity contribution in [2.75, 3.05) is 26.1 Å². The second-order valence-corrected chi connectivity index (χ2v) is 10.3. The first-order valence-corrected chi connectivity index (χ1v) is 13.6. The zero-order chi connectivity index (χ0) is 23.9. The van der Waals surface area contributed by atoms with E-state index in [0.29, 0.717) is 12.5 Å². The molecule has 0 bridgehead atoms. The minimum Gasteiger partial charge on any atom is -0.319 e. The maximum atomic E-state index is 9.63. The summed E-state index contributed by atoms with van der Waals surface area (Å²) in [6, 6.07) is 5.98. The Morgan fingerprint density at radius 3 is 1.55 bits per heavy atom. The van der Waals surface area contributed by atoms with Gasteiger partial charge in [0.1, 0.15) is 0 Å². The summed E-state index contributed by atoms with van der Waals surface area (Å²) in [6.07, 6.45) is 4.27. The third kappa shape index (κ3) is 58.4. The minimum atomic E-state index is -5.05. The summed E-state index contributed by atoms with van der Waals surface area (Å²) in [7, 11) is -15.5. The van der Waals surface area contributed by atoms with Crippen LogP contribution >= 0.6 is 15.6 Å². The Bertz CT molecular complexity index is 783. The number of nitrogens with one attached hydrogen (secondary N) is 1. The highest BCUT2D eigenvalue weighted by Gasteiger charge is 2.27. The molecule has 1 rings (SSSR count). The van der Waals surface area contributed by atoms with Gasteiger partial charge in [-0.15, -0.1) is 0 Å². The Hall–Kier alpha value is -0.810. The lowest BCUT2D eigenvalue weighted by Gasteiger charge is -2.03. The highest BCUT2D eigenvalue weighted by Crippen LogP contribution is 2.53. The van der Waals surface area contributed by atoms with Crippen LogP contribution in [-0.2, 0) is 40.1 Å². The van der Waals surface area contributed by atoms with Gasteiger partial charge in [0.05, 0.1) is 12.5 Å². The fraction of sp³-hybridized carbons (Fsp3) is 0.500. The quantitative estimate of drug-likeness (QED) is 0.187. The van der Waals surface area contributed by atoms with Crippen LogP contribution in [-0.4, -0.2) is 76.6 Å². The first-order chi connectivity index (χ1) is 12.6. The first kappa shape index (κ1) is 32.8. The molecule has 0 aromatic carbocycles. The van der Waals surface area contributed by atoms with Crippen LogP contribution in [0.5, 0.6) is 0 Å². The van der Waals surface area contributed by atoms with Crippen molar-refractivity contribution < 1.29 is 59.0 Å². The molecule has 0 saturated carbocycles. The number of hydrogen-bond acceptors (Lipinski definition) is 9. The van der Waals surface area contributed by atoms with Crippen LogP contribution in [0.25, 0.3) is 0 Å². The molecule has 0 aliphatic carbocycles. The first-order valence-electron chi connectivity index (χ1n) is 6.86. The molecule has 7 N–H and O–H groups in total. The van der Waals surface area contributed by atoms with Crippen molar-refractivity contribution in [3.63, 3.8) is 0 Å². The Kier molecular flexibility index (Phi) is 17.1. The fourth-order valence-electron chi connectivity index (χ4n) is 0.938. The van der Waals surface area contributed by atoms with Crippen LogP contribution < -0.4 is 5.32 Å². The molecule has 0 atom stereocenters. The molecule has 1 aromatic heterocycles. The number of pyridine rings is 1. The lowest BCUT2D eigenvalue weighted by Crippen LogP contribution is -2.10. The third-order valence-electron chi connectivity index (χ3n) is 1.57. The maximum absolute atomic E-state index is 9.63. The minimum absolute atomic E-state index is 0.715. The Morgan fingerprint density at radius 1 is 0.966 bits per heavy atom. The van der Waals surface area contributed by atoms with E-state index in [1.807, 2.05) is 31.4 Å². The molecule has 0 spiro atoms. The average molecular weight is 506 g/mol. The second kappa shape index (κ2) is 15.1. The molecule has 29 heavy (non-hydrogen) atoms. The summed E-state index contributed by atoms with van der Waals surface area (Å²) in [6.45, 7) is 0.997. The zero-order valence-corrected chi connectivity index (χ0v) is 18.8. The van der Waals surface area contributed by atoms with Crippen molar-refractivity contribution in [2.24, 2.45) is 0 Å². The van der Waals surface area contributed by atoms with Gasteiger partial charge in [-0.05, 0) is 19.2 Å². The van der Waals surface area contributed by atoms with Crippen LogP contribution in [0.2, 0.25) is 0 Å². The van der Waals surface area contributed by atoms with Gasteiger partial charge in [-0.25, -0.2) is 9.13 Å². The monoisotopic (exact) mass is 506 g/mol. The highest BCUT2D eigenvalue weighted by atomic mass is 32.2. The SMILES string of the molecule is CNCCc1ccccn1.CS(=O)(=O)O.CS(=O)(=O)O.O=P(O)(O)OP(=O)(O)O. The van der Waals surface area contributed by atoms with E-state index < -0.39 is 35.9 Å². The molecule has 15 nitrogen and oxygen atoms in total. The topological polar surface area (TPSA) is 258 Å². The van der Waals surface area contributed by atoms with Crippen LogP contribution in [0.15, 0.2) is 24.4 Å². The Morgan fingerprint density at radius 2 is 1.34 bits per heavy atom. The summed E-state index contributed by atoms with van der Waals surface area (Å²) in [5.41, 5.74) is 1.15. The van der Waals surface area contributed by atoms with E-state index in [2.05, 4.69) is 14.6 Å². The normalized spacial score (nSPS) is 11.6. The van der Waals surface area contributed by atoms with E-state index in [-0.39, 0.29) is 0 Å². The van der Waals surface area contributed by atoms with Crippen LogP contribution in [0, 0.1) is 0 Å². The number of nitrogens with zero attached hydrogens (tertiary/aromatic N) is 1. The van der Waals surface area contributed by atoms with Gasteiger partial charge >= 0.3 is 15.6 Å². The predicted molar refractivity (Wildman–Crippen MR) is 102 cm³/mol. The van der Waals surface area contributed by atoms with E-state index in [9.17, 15) is 26.0 Å². The number of phosphoric acid groups is 2. The Balaban J connectivity index is -0.000000328. The van der Waals surface area contributed by atoms with Crippen molar-refractivity contribution in [1.29, 1.82) is 0 Å². The zero-order valence-electron chi connectivity index (χ0n) is 15.4. The van der Waals surface area contributed by atoms with E-state index in [0.717, 1.165) is 18.7 Å². The third-order valence-corrected chi connectivity index (χ3v) is 3.27. The number of hydrogen-bond donors (Lipinski definition) is 7. The van der Waals surface area contributed by atoms with Gasteiger partial charge in [-0.2, -0.15) is 21.1 Å². The lowest BCUT2D eigenvalue weighted by molar-refractivity contribution is 0.225. The van der Waals surface area contributed by atoms with Gasteiger partial charge in [0, 0.05) is 24.9 Å². The number of likely N-dealkylation sites (N-methyl/N-ethyl adjacent to an activating group) is 1. The van der Waals surface area contributed by atoms with Crippen molar-refractivity contribution >= 4 is 35.9 Å². The van der Waals surface area contributed by atoms with Crippen LogP contribution in [0.1, 0.15) is 5.69 Å². The van der Waals surface area contributed by atoms with Crippen molar-refractivity contribution in [3.05, 3.63) is 30.1 Å². The van der Waals surface area contributed by atoms with E-state index >= 15 is 0 Å². The van der Waals surface area contributed by atoms with Crippen molar-refractivity contribution in [3.8, 4) is 0 Å². The van der Waals surface area contributed by atoms with Crippen LogP contribution in [0.3, 0.4) is 0 Å². The molecule has 0 amide bonds. The van der Waals surface area contributed by atoms with E-state index in [1.54, 1.807) is 0 Å². The molecule has 0 saturated heterocycles. The van der Waals surface area contributed by atoms with E-state index in [4.69, 9.17) is 28.7 Å². The van der Waals surface area contributed by atoms with Gasteiger partial charge < -0.3 is 24.9 Å². The molecule has 1 heterocycles. The smallest absolute Gasteiger partial charge is 0.319 e. The van der Waals surface area contributed by atoms with Gasteiger partial charge in [0.2, 0.25) is 0 Å². The number of rotatable bonds is 5. The standard InChI is InChI=1S/C8H12N2.2CH4O3S.H4O7P2/c1-9-7-5-8-4-2-3-6-10-8;2*1-5(2,3)4;1-8(2,3)7-9(4,5)6/h2-4,6,9H,5,7H2,1H3;2*1H3,(H,2,3,4);(H2,1,2,3)(H2,4,5,6). The molecule has 174 valence electrons. The van der Waals surface area contributed by atoms with Crippen molar-refractivity contribution in [1.82, 2.24) is 10.3 Å². The fourth-order valence-corrected chi connectivity index (χ4v) is 2.05. The van der Waals surface area contributed by atoms with Gasteiger partial charge in [0.25, 0.3) is 20.2 Å². The van der Waals surface area contributed by atoms with E-state index in [1.165, 1.54) is 0 Å². The van der Waals surface area contributed by atoms with Gasteiger partial charge in [-0.3, -0.25) is 14.1 Å². The molecule has 0 radical (unpaired) electrons. The summed E-state index contributed by atoms with van der Waals surface area (Å²) in [4.78, 5) is 35.2. The summed E-state index contributed by atoms with van der Waals surface area (Å²) in [5, 5.41) is 3.08. The predicted octanol–water partition coefficient (Wildman–Crippen LogP) is -0.960. The Labute approximate surface area is 168 Å². The van der Waals surface area contributed by atoms with Crippen molar-refractivity contribution in [2.45, 2.75) is 6.42 Å². The average Bonchev–Trinajstić information content (AvgIpc) is 2.39. The second-order valence-electron chi connectivity index (χ2n) is 4.70. The molecular weight excluding hydrogens is 482 g/mol. The van der Waals surface area contributed by atoms with Crippen LogP contribution in [0.4, 0.5) is 0 Å². The summed E-state index contributed by atoms with van der Waals surface area (Å²) in [5.74, 6) is 0.